The van der Waals surface area contributed by atoms with Crippen molar-refractivity contribution in [2.45, 2.75) is 25.7 Å². The van der Waals surface area contributed by atoms with Gasteiger partial charge < -0.3 is 5.32 Å². The van der Waals surface area contributed by atoms with Gasteiger partial charge in [-0.3, -0.25) is 19.3 Å². The Bertz CT molecular complexity index is 512. The van der Waals surface area contributed by atoms with Crippen LogP contribution in [-0.2, 0) is 14.4 Å². The normalized spacial score (nSPS) is 14.8. The quantitative estimate of drug-likeness (QED) is 0.838. The fraction of sp³-hybridized carbons (Fsp3) is 0.357. The van der Waals surface area contributed by atoms with E-state index in [1.807, 2.05) is 12.1 Å². The number of carbonyl (C=O) groups excluding carboxylic acids is 3. The lowest BCUT2D eigenvalue weighted by Gasteiger charge is -2.13. The first-order valence-electron chi connectivity index (χ1n) is 6.45. The van der Waals surface area contributed by atoms with Gasteiger partial charge in [0.05, 0.1) is 0 Å². The van der Waals surface area contributed by atoms with Crippen LogP contribution < -0.4 is 5.32 Å². The zero-order valence-corrected chi connectivity index (χ0v) is 12.5. The Morgan fingerprint density at radius 3 is 2.35 bits per heavy atom. The smallest absolute Gasteiger partial charge is 0.229 e. The Morgan fingerprint density at radius 2 is 1.75 bits per heavy atom. The molecule has 3 amide bonds. The van der Waals surface area contributed by atoms with Gasteiger partial charge in [0, 0.05) is 36.0 Å². The highest BCUT2D eigenvalue weighted by molar-refractivity contribution is 9.10. The minimum absolute atomic E-state index is 0.119. The van der Waals surface area contributed by atoms with Gasteiger partial charge >= 0.3 is 0 Å². The fourth-order valence-electron chi connectivity index (χ4n) is 2.03. The third-order valence-corrected chi connectivity index (χ3v) is 3.60. The van der Waals surface area contributed by atoms with Gasteiger partial charge in [-0.2, -0.15) is 0 Å². The van der Waals surface area contributed by atoms with Gasteiger partial charge in [0.15, 0.2) is 0 Å². The molecular formula is C14H15BrN2O3. The number of hydrogen-bond donors (Lipinski definition) is 1. The number of imide groups is 1. The summed E-state index contributed by atoms with van der Waals surface area (Å²) >= 11 is 3.32. The molecule has 1 aromatic carbocycles. The van der Waals surface area contributed by atoms with Crippen molar-refractivity contribution in [3.63, 3.8) is 0 Å². The lowest BCUT2D eigenvalue weighted by atomic mass is 10.2. The molecule has 1 aromatic rings. The lowest BCUT2D eigenvalue weighted by molar-refractivity contribution is -0.138. The maximum Gasteiger partial charge on any atom is 0.229 e. The molecule has 0 saturated carbocycles. The number of likely N-dealkylation sites (tertiary alicyclic amines) is 1. The maximum absolute atomic E-state index is 11.7. The summed E-state index contributed by atoms with van der Waals surface area (Å²) in [6, 6.07) is 7.29. The van der Waals surface area contributed by atoms with Gasteiger partial charge in [-0.15, -0.1) is 0 Å². The first kappa shape index (κ1) is 14.7. The summed E-state index contributed by atoms with van der Waals surface area (Å²) in [5.74, 6) is -0.391. The summed E-state index contributed by atoms with van der Waals surface area (Å²) in [7, 11) is 0. The van der Waals surface area contributed by atoms with Crippen molar-refractivity contribution in [3.05, 3.63) is 28.7 Å². The monoisotopic (exact) mass is 338 g/mol. The standard InChI is InChI=1S/C14H15BrN2O3/c15-10-3-5-11(6-4-10)16-12(18)2-1-9-17-13(19)7-8-14(17)20/h3-6H,1-2,7-9H2,(H,16,18). The van der Waals surface area contributed by atoms with Crippen molar-refractivity contribution in [2.24, 2.45) is 0 Å². The molecule has 0 bridgehead atoms. The first-order valence-corrected chi connectivity index (χ1v) is 7.24. The second kappa shape index (κ2) is 6.65. The molecule has 6 heteroatoms. The third kappa shape index (κ3) is 3.90. The summed E-state index contributed by atoms with van der Waals surface area (Å²) in [5.41, 5.74) is 0.728. The van der Waals surface area contributed by atoms with E-state index in [0.29, 0.717) is 25.8 Å². The molecule has 0 aliphatic carbocycles. The van der Waals surface area contributed by atoms with Crippen molar-refractivity contribution >= 4 is 39.3 Å². The molecule has 5 nitrogen and oxygen atoms in total. The van der Waals surface area contributed by atoms with E-state index in [4.69, 9.17) is 0 Å². The van der Waals surface area contributed by atoms with Crippen molar-refractivity contribution in [2.75, 3.05) is 11.9 Å². The summed E-state index contributed by atoms with van der Waals surface area (Å²) in [4.78, 5) is 35.7. The number of anilines is 1. The minimum atomic E-state index is -0.136. The summed E-state index contributed by atoms with van der Waals surface area (Å²) in [5, 5.41) is 2.77. The molecule has 0 unspecified atom stereocenters. The predicted octanol–water partition coefficient (Wildman–Crippen LogP) is 2.32. The van der Waals surface area contributed by atoms with Crippen LogP contribution in [-0.4, -0.2) is 29.2 Å². The number of carbonyl (C=O) groups is 3. The van der Waals surface area contributed by atoms with Crippen molar-refractivity contribution < 1.29 is 14.4 Å². The van der Waals surface area contributed by atoms with E-state index in [1.165, 1.54) is 4.90 Å². The van der Waals surface area contributed by atoms with Crippen molar-refractivity contribution in [1.29, 1.82) is 0 Å². The molecule has 0 radical (unpaired) electrons. The van der Waals surface area contributed by atoms with Crippen LogP contribution in [0.4, 0.5) is 5.69 Å². The van der Waals surface area contributed by atoms with Crippen LogP contribution in [0.5, 0.6) is 0 Å². The number of halogens is 1. The highest BCUT2D eigenvalue weighted by Gasteiger charge is 2.28. The number of rotatable bonds is 5. The van der Waals surface area contributed by atoms with Gasteiger partial charge in [-0.25, -0.2) is 0 Å². The first-order chi connectivity index (χ1) is 9.56. The molecule has 2 rings (SSSR count). The Morgan fingerprint density at radius 1 is 1.15 bits per heavy atom. The van der Waals surface area contributed by atoms with E-state index in [2.05, 4.69) is 21.2 Å². The Labute approximate surface area is 125 Å². The molecule has 1 saturated heterocycles. The largest absolute Gasteiger partial charge is 0.326 e. The number of hydrogen-bond acceptors (Lipinski definition) is 3. The molecule has 0 atom stereocenters. The average molecular weight is 339 g/mol. The minimum Gasteiger partial charge on any atom is -0.326 e. The Kier molecular flexibility index (Phi) is 4.89. The predicted molar refractivity (Wildman–Crippen MR) is 78.0 cm³/mol. The average Bonchev–Trinajstić information content (AvgIpc) is 2.73. The zero-order chi connectivity index (χ0) is 14.5. The van der Waals surface area contributed by atoms with Crippen LogP contribution in [0.25, 0.3) is 0 Å². The van der Waals surface area contributed by atoms with Crippen LogP contribution in [0, 0.1) is 0 Å². The van der Waals surface area contributed by atoms with E-state index in [1.54, 1.807) is 12.1 Å². The summed E-state index contributed by atoms with van der Waals surface area (Å²) < 4.78 is 0.946. The second-order valence-electron chi connectivity index (χ2n) is 4.60. The zero-order valence-electron chi connectivity index (χ0n) is 10.9. The highest BCUT2D eigenvalue weighted by Crippen LogP contribution is 2.15. The number of benzene rings is 1. The lowest BCUT2D eigenvalue weighted by Crippen LogP contribution is -2.30. The molecular weight excluding hydrogens is 324 g/mol. The van der Waals surface area contributed by atoms with Crippen LogP contribution in [0.15, 0.2) is 28.7 Å². The molecule has 1 aliphatic heterocycles. The molecule has 1 N–H and O–H groups in total. The molecule has 1 aliphatic rings. The van der Waals surface area contributed by atoms with Crippen LogP contribution in [0.2, 0.25) is 0 Å². The van der Waals surface area contributed by atoms with Gasteiger partial charge in [-0.05, 0) is 30.7 Å². The molecule has 0 aromatic heterocycles. The molecule has 0 spiro atoms. The van der Waals surface area contributed by atoms with Crippen LogP contribution in [0.3, 0.4) is 0 Å². The summed E-state index contributed by atoms with van der Waals surface area (Å²) in [6.07, 6.45) is 1.36. The summed E-state index contributed by atoms with van der Waals surface area (Å²) in [6.45, 7) is 0.325. The van der Waals surface area contributed by atoms with E-state index in [-0.39, 0.29) is 24.1 Å². The van der Waals surface area contributed by atoms with Crippen molar-refractivity contribution in [1.82, 2.24) is 4.90 Å². The van der Waals surface area contributed by atoms with Gasteiger partial charge in [0.25, 0.3) is 0 Å². The van der Waals surface area contributed by atoms with Gasteiger partial charge in [0.2, 0.25) is 17.7 Å². The fourth-order valence-corrected chi connectivity index (χ4v) is 2.29. The molecule has 106 valence electrons. The molecule has 20 heavy (non-hydrogen) atoms. The van der Waals surface area contributed by atoms with E-state index < -0.39 is 0 Å². The Hall–Kier alpha value is -1.69. The van der Waals surface area contributed by atoms with E-state index in [9.17, 15) is 14.4 Å². The number of nitrogens with zero attached hydrogens (tertiary/aromatic N) is 1. The van der Waals surface area contributed by atoms with Crippen LogP contribution in [0.1, 0.15) is 25.7 Å². The maximum atomic E-state index is 11.7. The highest BCUT2D eigenvalue weighted by atomic mass is 79.9. The van der Waals surface area contributed by atoms with Gasteiger partial charge in [0.1, 0.15) is 0 Å². The van der Waals surface area contributed by atoms with E-state index in [0.717, 1.165) is 10.2 Å². The Balaban J connectivity index is 1.74. The third-order valence-electron chi connectivity index (χ3n) is 3.07. The van der Waals surface area contributed by atoms with Gasteiger partial charge in [-0.1, -0.05) is 15.9 Å². The topological polar surface area (TPSA) is 66.5 Å². The van der Waals surface area contributed by atoms with Crippen molar-refractivity contribution in [3.8, 4) is 0 Å². The SMILES string of the molecule is O=C(CCCN1C(=O)CCC1=O)Nc1ccc(Br)cc1. The number of amides is 3. The molecule has 1 fully saturated rings. The second-order valence-corrected chi connectivity index (χ2v) is 5.51. The molecule has 1 heterocycles. The van der Waals surface area contributed by atoms with Crippen LogP contribution >= 0.6 is 15.9 Å². The van der Waals surface area contributed by atoms with E-state index >= 15 is 0 Å². The number of nitrogens with one attached hydrogen (secondary N) is 1.